The van der Waals surface area contributed by atoms with Crippen molar-refractivity contribution in [3.63, 3.8) is 0 Å². The van der Waals surface area contributed by atoms with Crippen LogP contribution in [0, 0.1) is 0 Å². The highest BCUT2D eigenvalue weighted by Gasteiger charge is 2.24. The molecule has 1 rings (SSSR count). The minimum Gasteiger partial charge on any atom is -0.403 e. The largest absolute Gasteiger partial charge is 0.403 e. The van der Waals surface area contributed by atoms with Crippen molar-refractivity contribution >= 4 is 28.1 Å². The molecule has 0 aromatic heterocycles. The minimum absolute atomic E-state index is 0.190. The van der Waals surface area contributed by atoms with Crippen LogP contribution in [0.15, 0.2) is 0 Å². The molecule has 7 heteroatoms. The molecule has 1 heterocycles. The van der Waals surface area contributed by atoms with E-state index in [4.69, 9.17) is 17.7 Å². The highest BCUT2D eigenvalue weighted by molar-refractivity contribution is 6.65. The lowest BCUT2D eigenvalue weighted by atomic mass is 11.6. The SMILES string of the molecule is C[Si]1(C)OCO[SiH2]OC[SiH2]CO1. The molecule has 0 bridgehead atoms. The minimum atomic E-state index is -1.85. The van der Waals surface area contributed by atoms with E-state index in [0.29, 0.717) is 6.79 Å². The van der Waals surface area contributed by atoms with Gasteiger partial charge in [0.05, 0.1) is 9.52 Å². The van der Waals surface area contributed by atoms with Gasteiger partial charge in [0.15, 0.2) is 0 Å². The van der Waals surface area contributed by atoms with Gasteiger partial charge in [0.25, 0.3) is 0 Å². The van der Waals surface area contributed by atoms with Crippen LogP contribution in [0.25, 0.3) is 0 Å². The monoisotopic (exact) mass is 224 g/mol. The topological polar surface area (TPSA) is 36.9 Å². The molecular formula is C5H16O4Si3. The second kappa shape index (κ2) is 5.27. The van der Waals surface area contributed by atoms with Gasteiger partial charge in [0.1, 0.15) is 6.79 Å². The van der Waals surface area contributed by atoms with Crippen LogP contribution in [0.2, 0.25) is 13.1 Å². The molecule has 0 aromatic rings. The first-order valence-corrected chi connectivity index (χ1v) is 10.1. The van der Waals surface area contributed by atoms with Crippen molar-refractivity contribution in [2.24, 2.45) is 0 Å². The van der Waals surface area contributed by atoms with Crippen molar-refractivity contribution in [1.29, 1.82) is 0 Å². The molecule has 72 valence electrons. The summed E-state index contributed by atoms with van der Waals surface area (Å²) in [5.41, 5.74) is 0. The number of rotatable bonds is 0. The van der Waals surface area contributed by atoms with Gasteiger partial charge in [-0.25, -0.2) is 0 Å². The fourth-order valence-electron chi connectivity index (χ4n) is 0.856. The van der Waals surface area contributed by atoms with Crippen LogP contribution in [0.3, 0.4) is 0 Å². The summed E-state index contributed by atoms with van der Waals surface area (Å²) < 4.78 is 21.6. The van der Waals surface area contributed by atoms with E-state index in [1.165, 1.54) is 0 Å². The van der Waals surface area contributed by atoms with Crippen LogP contribution in [-0.2, 0) is 17.7 Å². The summed E-state index contributed by atoms with van der Waals surface area (Å²) in [5.74, 6) is 0. The predicted molar refractivity (Wildman–Crippen MR) is 53.5 cm³/mol. The molecule has 0 aromatic carbocycles. The molecular weight excluding hydrogens is 208 g/mol. The molecule has 0 saturated carbocycles. The molecule has 1 aliphatic rings. The summed E-state index contributed by atoms with van der Waals surface area (Å²) in [6.07, 6.45) is 1.78. The Balaban J connectivity index is 2.27. The van der Waals surface area contributed by atoms with Gasteiger partial charge in [0, 0.05) is 12.5 Å². The summed E-state index contributed by atoms with van der Waals surface area (Å²) in [6, 6.07) is 0. The first-order chi connectivity index (χ1) is 5.71. The predicted octanol–water partition coefficient (Wildman–Crippen LogP) is -1.19. The van der Waals surface area contributed by atoms with Crippen molar-refractivity contribution in [2.45, 2.75) is 13.1 Å². The zero-order chi connectivity index (χ0) is 8.86. The molecule has 0 spiro atoms. The third-order valence-corrected chi connectivity index (χ3v) is 6.10. The maximum absolute atomic E-state index is 5.64. The van der Waals surface area contributed by atoms with E-state index in [1.807, 2.05) is 0 Å². The molecule has 1 aliphatic heterocycles. The van der Waals surface area contributed by atoms with Gasteiger partial charge in [-0.15, -0.1) is 0 Å². The molecule has 0 amide bonds. The van der Waals surface area contributed by atoms with Crippen LogP contribution in [0.1, 0.15) is 0 Å². The summed E-state index contributed by atoms with van der Waals surface area (Å²) in [4.78, 5) is 0. The van der Waals surface area contributed by atoms with Crippen molar-refractivity contribution < 1.29 is 17.7 Å². The Morgan fingerprint density at radius 3 is 2.75 bits per heavy atom. The summed E-state index contributed by atoms with van der Waals surface area (Å²) in [7, 11) is -2.80. The molecule has 1 saturated heterocycles. The average Bonchev–Trinajstić information content (AvgIpc) is 2.02. The number of hydrogen-bond acceptors (Lipinski definition) is 4. The lowest BCUT2D eigenvalue weighted by Crippen LogP contribution is -2.38. The van der Waals surface area contributed by atoms with Gasteiger partial charge < -0.3 is 17.7 Å². The van der Waals surface area contributed by atoms with Crippen molar-refractivity contribution in [3.05, 3.63) is 0 Å². The van der Waals surface area contributed by atoms with Crippen LogP contribution < -0.4 is 0 Å². The van der Waals surface area contributed by atoms with Gasteiger partial charge in [0.2, 0.25) is 0 Å². The third kappa shape index (κ3) is 4.50. The first kappa shape index (κ1) is 10.6. The zero-order valence-electron chi connectivity index (χ0n) is 7.67. The Morgan fingerprint density at radius 1 is 1.08 bits per heavy atom. The lowest BCUT2D eigenvalue weighted by molar-refractivity contribution is 0.0637. The van der Waals surface area contributed by atoms with Crippen molar-refractivity contribution in [1.82, 2.24) is 0 Å². The maximum Gasteiger partial charge on any atom is 0.333 e. The van der Waals surface area contributed by atoms with E-state index >= 15 is 0 Å². The van der Waals surface area contributed by atoms with E-state index < -0.39 is 18.6 Å². The molecule has 4 nitrogen and oxygen atoms in total. The normalized spacial score (nSPS) is 30.5. The Morgan fingerprint density at radius 2 is 1.92 bits per heavy atom. The van der Waals surface area contributed by atoms with E-state index in [0.717, 1.165) is 12.5 Å². The molecule has 0 radical (unpaired) electrons. The molecule has 0 N–H and O–H groups in total. The molecule has 0 unspecified atom stereocenters. The van der Waals surface area contributed by atoms with Crippen LogP contribution in [0.4, 0.5) is 0 Å². The molecule has 0 aliphatic carbocycles. The second-order valence-electron chi connectivity index (χ2n) is 3.09. The lowest BCUT2D eigenvalue weighted by Gasteiger charge is -2.23. The van der Waals surface area contributed by atoms with E-state index in [1.54, 1.807) is 0 Å². The fraction of sp³-hybridized carbons (Fsp3) is 1.00. The van der Waals surface area contributed by atoms with E-state index in [-0.39, 0.29) is 9.52 Å². The maximum atomic E-state index is 5.64. The van der Waals surface area contributed by atoms with Crippen LogP contribution >= 0.6 is 0 Å². The molecule has 0 atom stereocenters. The Hall–Kier alpha value is 0.491. The van der Waals surface area contributed by atoms with E-state index in [2.05, 4.69) is 13.1 Å². The van der Waals surface area contributed by atoms with E-state index in [9.17, 15) is 0 Å². The van der Waals surface area contributed by atoms with Gasteiger partial charge >= 0.3 is 18.6 Å². The summed E-state index contributed by atoms with van der Waals surface area (Å²) in [6.45, 7) is 4.45. The number of hydrogen-bond donors (Lipinski definition) is 0. The summed E-state index contributed by atoms with van der Waals surface area (Å²) >= 11 is 0. The van der Waals surface area contributed by atoms with Gasteiger partial charge in [-0.1, -0.05) is 0 Å². The quantitative estimate of drug-likeness (QED) is 0.485. The van der Waals surface area contributed by atoms with Crippen LogP contribution in [-0.4, -0.2) is 47.3 Å². The highest BCUT2D eigenvalue weighted by atomic mass is 28.4. The second-order valence-corrected chi connectivity index (χ2v) is 9.05. The Bertz CT molecular complexity index is 120. The van der Waals surface area contributed by atoms with Gasteiger partial charge in [-0.2, -0.15) is 0 Å². The zero-order valence-corrected chi connectivity index (χ0v) is 11.5. The average molecular weight is 224 g/mol. The highest BCUT2D eigenvalue weighted by Crippen LogP contribution is 2.05. The van der Waals surface area contributed by atoms with Gasteiger partial charge in [-0.3, -0.25) is 0 Å². The summed E-state index contributed by atoms with van der Waals surface area (Å²) in [5, 5.41) is 0. The Labute approximate surface area is 78.7 Å². The van der Waals surface area contributed by atoms with Crippen LogP contribution in [0.5, 0.6) is 0 Å². The first-order valence-electron chi connectivity index (χ1n) is 4.14. The van der Waals surface area contributed by atoms with Crippen molar-refractivity contribution in [3.8, 4) is 0 Å². The van der Waals surface area contributed by atoms with Crippen molar-refractivity contribution in [2.75, 3.05) is 19.3 Å². The smallest absolute Gasteiger partial charge is 0.333 e. The fourth-order valence-corrected chi connectivity index (χ4v) is 5.69. The standard InChI is InChI=1S/C5H16O4Si3/c1-12(2)8-3-6-11-7-4-10-5-9-12/h3-5,10-11H2,1-2H3. The van der Waals surface area contributed by atoms with Gasteiger partial charge in [-0.05, 0) is 13.1 Å². The Kier molecular flexibility index (Phi) is 4.64. The molecule has 12 heavy (non-hydrogen) atoms. The molecule has 1 fully saturated rings. The third-order valence-electron chi connectivity index (χ3n) is 1.54.